The van der Waals surface area contributed by atoms with E-state index in [2.05, 4.69) is 147 Å². The van der Waals surface area contributed by atoms with Crippen LogP contribution in [0.4, 0.5) is 0 Å². The first-order chi connectivity index (χ1) is 27.0. The molecule has 3 heteroatoms. The molecule has 13 rings (SSSR count). The minimum Gasteiger partial charge on any atom is -0.208 e. The van der Waals surface area contributed by atoms with E-state index < -0.39 is 0 Å². The van der Waals surface area contributed by atoms with Gasteiger partial charge in [0.25, 0.3) is 0 Å². The van der Waals surface area contributed by atoms with Crippen LogP contribution in [0, 0.1) is 23.7 Å². The van der Waals surface area contributed by atoms with E-state index in [1.807, 2.05) is 6.07 Å². The SMILES string of the molecule is CC1(C)c2ccccc2-c2cccc(-c3ccc(-c4nc(-c5ccccc5)nc(-c5ccc6c(c5)-c5ccccc5C65C6CC7CC(C6)CC5C7)n4)cc3)c21. The quantitative estimate of drug-likeness (QED) is 0.183. The van der Waals surface area contributed by atoms with E-state index in [1.165, 1.54) is 76.6 Å². The van der Waals surface area contributed by atoms with Crippen molar-refractivity contribution in [3.63, 3.8) is 0 Å². The number of hydrogen-bond acceptors (Lipinski definition) is 3. The Labute approximate surface area is 323 Å². The van der Waals surface area contributed by atoms with Gasteiger partial charge in [-0.05, 0) is 117 Å². The Balaban J connectivity index is 0.968. The molecule has 1 heterocycles. The molecule has 6 aromatic carbocycles. The molecule has 0 atom stereocenters. The summed E-state index contributed by atoms with van der Waals surface area (Å²) in [6.45, 7) is 4.71. The van der Waals surface area contributed by atoms with E-state index in [4.69, 9.17) is 15.0 Å². The topological polar surface area (TPSA) is 38.7 Å². The molecule has 0 saturated heterocycles. The molecule has 6 aliphatic rings. The van der Waals surface area contributed by atoms with Crippen LogP contribution in [0.25, 0.3) is 67.5 Å². The first kappa shape index (κ1) is 31.7. The summed E-state index contributed by atoms with van der Waals surface area (Å²) < 4.78 is 0. The number of fused-ring (bicyclic) bond motifs is 6. The number of hydrogen-bond donors (Lipinski definition) is 0. The summed E-state index contributed by atoms with van der Waals surface area (Å²) in [6, 6.07) is 51.3. The summed E-state index contributed by atoms with van der Waals surface area (Å²) in [7, 11) is 0. The molecule has 4 saturated carbocycles. The maximum absolute atomic E-state index is 5.25. The van der Waals surface area contributed by atoms with Crippen molar-refractivity contribution in [3.8, 4) is 67.5 Å². The molecule has 3 nitrogen and oxygen atoms in total. The molecule has 7 aromatic rings. The lowest BCUT2D eigenvalue weighted by atomic mass is 9.43. The molecule has 0 radical (unpaired) electrons. The molecule has 0 aliphatic heterocycles. The van der Waals surface area contributed by atoms with Gasteiger partial charge in [-0.15, -0.1) is 0 Å². The average molecular weight is 710 g/mol. The van der Waals surface area contributed by atoms with Gasteiger partial charge in [0.2, 0.25) is 0 Å². The zero-order valence-corrected chi connectivity index (χ0v) is 31.5. The van der Waals surface area contributed by atoms with Gasteiger partial charge in [0, 0.05) is 27.5 Å². The summed E-state index contributed by atoms with van der Waals surface area (Å²) in [5, 5.41) is 0. The molecular weight excluding hydrogens is 667 g/mol. The zero-order chi connectivity index (χ0) is 36.5. The lowest BCUT2D eigenvalue weighted by Gasteiger charge is -2.61. The Morgan fingerprint density at radius 3 is 1.58 bits per heavy atom. The molecule has 0 unspecified atom stereocenters. The first-order valence-electron chi connectivity index (χ1n) is 20.4. The Hall–Kier alpha value is -5.67. The van der Waals surface area contributed by atoms with Crippen LogP contribution in [0.15, 0.2) is 140 Å². The first-order valence-corrected chi connectivity index (χ1v) is 20.4. The molecule has 55 heavy (non-hydrogen) atoms. The molecule has 1 spiro atoms. The molecular formula is C52H43N3. The van der Waals surface area contributed by atoms with Gasteiger partial charge in [-0.2, -0.15) is 0 Å². The third-order valence-corrected chi connectivity index (χ3v) is 14.5. The van der Waals surface area contributed by atoms with Crippen LogP contribution in [0.1, 0.15) is 68.2 Å². The number of rotatable bonds is 4. The van der Waals surface area contributed by atoms with Crippen LogP contribution in [-0.2, 0) is 10.8 Å². The van der Waals surface area contributed by atoms with Crippen molar-refractivity contribution >= 4 is 0 Å². The second kappa shape index (κ2) is 11.4. The highest BCUT2D eigenvalue weighted by atomic mass is 15.0. The van der Waals surface area contributed by atoms with Gasteiger partial charge in [0.05, 0.1) is 0 Å². The summed E-state index contributed by atoms with van der Waals surface area (Å²) in [6.07, 6.45) is 7.01. The van der Waals surface area contributed by atoms with E-state index in [-0.39, 0.29) is 10.8 Å². The maximum atomic E-state index is 5.25. The van der Waals surface area contributed by atoms with E-state index in [1.54, 1.807) is 11.1 Å². The third-order valence-electron chi connectivity index (χ3n) is 14.5. The maximum Gasteiger partial charge on any atom is 0.164 e. The fraction of sp³-hybridized carbons (Fsp3) is 0.250. The minimum atomic E-state index is -0.0823. The van der Waals surface area contributed by atoms with Crippen LogP contribution >= 0.6 is 0 Å². The summed E-state index contributed by atoms with van der Waals surface area (Å²) in [5.74, 6) is 5.45. The summed E-state index contributed by atoms with van der Waals surface area (Å²) >= 11 is 0. The fourth-order valence-corrected chi connectivity index (χ4v) is 12.5. The Bertz CT molecular complexity index is 2660. The van der Waals surface area contributed by atoms with Crippen molar-refractivity contribution in [2.24, 2.45) is 23.7 Å². The fourth-order valence-electron chi connectivity index (χ4n) is 12.5. The van der Waals surface area contributed by atoms with Gasteiger partial charge in [-0.1, -0.05) is 147 Å². The molecule has 0 N–H and O–H groups in total. The van der Waals surface area contributed by atoms with E-state index >= 15 is 0 Å². The highest BCUT2D eigenvalue weighted by molar-refractivity contribution is 5.89. The molecule has 4 bridgehead atoms. The van der Waals surface area contributed by atoms with Crippen molar-refractivity contribution < 1.29 is 0 Å². The van der Waals surface area contributed by atoms with Gasteiger partial charge >= 0.3 is 0 Å². The Morgan fingerprint density at radius 1 is 0.400 bits per heavy atom. The van der Waals surface area contributed by atoms with Gasteiger partial charge in [-0.25, -0.2) is 15.0 Å². The van der Waals surface area contributed by atoms with Crippen LogP contribution in [0.3, 0.4) is 0 Å². The highest BCUT2D eigenvalue weighted by Gasteiger charge is 2.61. The van der Waals surface area contributed by atoms with E-state index in [9.17, 15) is 0 Å². The number of benzene rings is 6. The van der Waals surface area contributed by atoms with Crippen LogP contribution in [0.2, 0.25) is 0 Å². The molecule has 6 aliphatic carbocycles. The normalized spacial score (nSPS) is 24.4. The van der Waals surface area contributed by atoms with Crippen LogP contribution in [-0.4, -0.2) is 15.0 Å². The molecule has 1 aromatic heterocycles. The minimum absolute atomic E-state index is 0.0823. The summed E-state index contributed by atoms with van der Waals surface area (Å²) in [4.78, 5) is 15.5. The monoisotopic (exact) mass is 709 g/mol. The average Bonchev–Trinajstić information content (AvgIpc) is 3.65. The zero-order valence-electron chi connectivity index (χ0n) is 31.5. The van der Waals surface area contributed by atoms with Crippen LogP contribution < -0.4 is 0 Å². The molecule has 266 valence electrons. The van der Waals surface area contributed by atoms with Crippen molar-refractivity contribution in [2.75, 3.05) is 0 Å². The standard InChI is InChI=1S/C52H43N3/c1-51(2)44-17-8-6-13-40(44)42-16-10-15-39(47(42)51)33-19-21-35(22-20-33)49-53-48(34-11-4-3-5-12-34)54-50(55-49)36-23-24-46-43(30-36)41-14-7-9-18-45(41)52(46)37-26-31-25-32(28-37)29-38(52)27-31/h3-24,30-32,37-38H,25-29H2,1-2H3. The lowest BCUT2D eigenvalue weighted by molar-refractivity contribution is -0.0399. The predicted octanol–water partition coefficient (Wildman–Crippen LogP) is 12.6. The molecule has 4 fully saturated rings. The Morgan fingerprint density at radius 2 is 0.891 bits per heavy atom. The third kappa shape index (κ3) is 4.41. The smallest absolute Gasteiger partial charge is 0.164 e. The van der Waals surface area contributed by atoms with E-state index in [0.717, 1.165) is 46.2 Å². The number of aromatic nitrogens is 3. The lowest BCUT2D eigenvalue weighted by Crippen LogP contribution is -2.55. The highest BCUT2D eigenvalue weighted by Crippen LogP contribution is 2.69. The van der Waals surface area contributed by atoms with Crippen molar-refractivity contribution in [1.82, 2.24) is 15.0 Å². The van der Waals surface area contributed by atoms with Crippen molar-refractivity contribution in [2.45, 2.75) is 56.8 Å². The molecule has 0 amide bonds. The predicted molar refractivity (Wildman–Crippen MR) is 222 cm³/mol. The largest absolute Gasteiger partial charge is 0.208 e. The number of nitrogens with zero attached hydrogens (tertiary/aromatic N) is 3. The second-order valence-electron chi connectivity index (χ2n) is 17.6. The van der Waals surface area contributed by atoms with Gasteiger partial charge in [0.1, 0.15) is 0 Å². The summed E-state index contributed by atoms with van der Waals surface area (Å²) in [5.41, 5.74) is 17.0. The van der Waals surface area contributed by atoms with Crippen LogP contribution in [0.5, 0.6) is 0 Å². The van der Waals surface area contributed by atoms with Gasteiger partial charge in [-0.3, -0.25) is 0 Å². The van der Waals surface area contributed by atoms with Crippen molar-refractivity contribution in [1.29, 1.82) is 0 Å². The van der Waals surface area contributed by atoms with Gasteiger partial charge in [0.15, 0.2) is 17.5 Å². The van der Waals surface area contributed by atoms with E-state index in [0.29, 0.717) is 11.6 Å². The van der Waals surface area contributed by atoms with Gasteiger partial charge < -0.3 is 0 Å². The second-order valence-corrected chi connectivity index (χ2v) is 17.6. The van der Waals surface area contributed by atoms with Crippen molar-refractivity contribution in [3.05, 3.63) is 162 Å². The Kier molecular flexibility index (Phi) is 6.58.